The summed E-state index contributed by atoms with van der Waals surface area (Å²) < 4.78 is 18.7. The van der Waals surface area contributed by atoms with Crippen LogP contribution in [0.2, 0.25) is 0 Å². The number of likely N-dealkylation sites (tertiary alicyclic amines) is 1. The van der Waals surface area contributed by atoms with E-state index in [2.05, 4.69) is 5.32 Å². The molecule has 0 bridgehead atoms. The minimum Gasteiger partial charge on any atom is -0.490 e. The number of benzene rings is 1. The van der Waals surface area contributed by atoms with E-state index in [0.717, 1.165) is 26.2 Å². The lowest BCUT2D eigenvalue weighted by Gasteiger charge is -2.17. The summed E-state index contributed by atoms with van der Waals surface area (Å²) >= 11 is 0. The molecule has 0 spiro atoms. The highest BCUT2D eigenvalue weighted by atomic mass is 19.1. The average Bonchev–Trinajstić information content (AvgIpc) is 3.01. The maximum atomic E-state index is 13.3. The molecule has 20 heavy (non-hydrogen) atoms. The fourth-order valence-electron chi connectivity index (χ4n) is 3.03. The predicted octanol–water partition coefficient (Wildman–Crippen LogP) is 1.27. The van der Waals surface area contributed by atoms with Gasteiger partial charge in [-0.25, -0.2) is 4.39 Å². The van der Waals surface area contributed by atoms with Gasteiger partial charge in [-0.15, -0.1) is 0 Å². The van der Waals surface area contributed by atoms with Crippen molar-refractivity contribution >= 4 is 5.91 Å². The van der Waals surface area contributed by atoms with Crippen LogP contribution in [0.1, 0.15) is 6.42 Å². The van der Waals surface area contributed by atoms with E-state index in [0.29, 0.717) is 18.3 Å². The van der Waals surface area contributed by atoms with E-state index in [4.69, 9.17) is 4.74 Å². The number of rotatable bonds is 4. The van der Waals surface area contributed by atoms with E-state index in [1.54, 1.807) is 18.2 Å². The smallest absolute Gasteiger partial charge is 0.226 e. The normalized spacial score (nSPS) is 24.8. The summed E-state index contributed by atoms with van der Waals surface area (Å²) in [4.78, 5) is 14.0. The second kappa shape index (κ2) is 5.79. The Balaban J connectivity index is 1.45. The molecule has 0 aliphatic carbocycles. The van der Waals surface area contributed by atoms with Crippen LogP contribution >= 0.6 is 0 Å². The SMILES string of the molecule is O=C(CCOc1ccccc1F)N1C[C@H]2CNC[C@H]2C1. The number of para-hydroxylation sites is 1. The molecule has 0 saturated carbocycles. The summed E-state index contributed by atoms with van der Waals surface area (Å²) in [5.41, 5.74) is 0. The highest BCUT2D eigenvalue weighted by Gasteiger charge is 2.37. The van der Waals surface area contributed by atoms with Gasteiger partial charge < -0.3 is 15.0 Å². The minimum absolute atomic E-state index is 0.107. The van der Waals surface area contributed by atoms with Crippen LogP contribution in [-0.2, 0) is 4.79 Å². The van der Waals surface area contributed by atoms with Gasteiger partial charge in [-0.2, -0.15) is 0 Å². The van der Waals surface area contributed by atoms with Crippen molar-refractivity contribution in [2.75, 3.05) is 32.8 Å². The number of carbonyl (C=O) groups excluding carboxylic acids is 1. The lowest BCUT2D eigenvalue weighted by atomic mass is 10.0. The third kappa shape index (κ3) is 2.77. The zero-order valence-corrected chi connectivity index (χ0v) is 11.3. The average molecular weight is 278 g/mol. The first-order valence-corrected chi connectivity index (χ1v) is 7.10. The third-order valence-electron chi connectivity index (χ3n) is 4.15. The molecule has 2 aliphatic heterocycles. The molecular formula is C15H19FN2O2. The molecule has 5 heteroatoms. The first-order chi connectivity index (χ1) is 9.74. The van der Waals surface area contributed by atoms with Gasteiger partial charge >= 0.3 is 0 Å². The Kier molecular flexibility index (Phi) is 3.87. The molecule has 0 radical (unpaired) electrons. The first kappa shape index (κ1) is 13.4. The van der Waals surface area contributed by atoms with Crippen LogP contribution < -0.4 is 10.1 Å². The molecule has 2 atom stereocenters. The summed E-state index contributed by atoms with van der Waals surface area (Å²) in [6, 6.07) is 6.26. The standard InChI is InChI=1S/C15H19FN2O2/c16-13-3-1-2-4-14(13)20-6-5-15(19)18-9-11-7-17-8-12(11)10-18/h1-4,11-12,17H,5-10H2/t11-,12+. The molecule has 2 heterocycles. The topological polar surface area (TPSA) is 41.6 Å². The summed E-state index contributed by atoms with van der Waals surface area (Å²) in [5, 5.41) is 3.35. The first-order valence-electron chi connectivity index (χ1n) is 7.10. The van der Waals surface area contributed by atoms with Crippen LogP contribution in [0.25, 0.3) is 0 Å². The molecular weight excluding hydrogens is 259 g/mol. The second-order valence-electron chi connectivity index (χ2n) is 5.51. The van der Waals surface area contributed by atoms with Gasteiger partial charge in [-0.3, -0.25) is 4.79 Å². The van der Waals surface area contributed by atoms with Crippen molar-refractivity contribution in [3.05, 3.63) is 30.1 Å². The lowest BCUT2D eigenvalue weighted by molar-refractivity contribution is -0.130. The van der Waals surface area contributed by atoms with Crippen LogP contribution in [0.5, 0.6) is 5.75 Å². The Labute approximate surface area is 117 Å². The number of fused-ring (bicyclic) bond motifs is 1. The molecule has 2 aliphatic rings. The van der Waals surface area contributed by atoms with Crippen molar-refractivity contribution in [3.63, 3.8) is 0 Å². The van der Waals surface area contributed by atoms with Crippen molar-refractivity contribution in [2.45, 2.75) is 6.42 Å². The number of nitrogens with one attached hydrogen (secondary N) is 1. The van der Waals surface area contributed by atoms with Gasteiger partial charge in [-0.1, -0.05) is 12.1 Å². The van der Waals surface area contributed by atoms with Crippen LogP contribution in [0.15, 0.2) is 24.3 Å². The molecule has 4 nitrogen and oxygen atoms in total. The number of nitrogens with zero attached hydrogens (tertiary/aromatic N) is 1. The zero-order chi connectivity index (χ0) is 13.9. The van der Waals surface area contributed by atoms with Crippen LogP contribution in [0.3, 0.4) is 0 Å². The largest absolute Gasteiger partial charge is 0.490 e. The molecule has 1 aromatic carbocycles. The Morgan fingerprint density at radius 1 is 1.30 bits per heavy atom. The Bertz CT molecular complexity index is 483. The number of hydrogen-bond donors (Lipinski definition) is 1. The Hall–Kier alpha value is -1.62. The molecule has 3 rings (SSSR count). The zero-order valence-electron chi connectivity index (χ0n) is 11.3. The van der Waals surface area contributed by atoms with Gasteiger partial charge in [0.15, 0.2) is 11.6 Å². The molecule has 1 N–H and O–H groups in total. The summed E-state index contributed by atoms with van der Waals surface area (Å²) in [5.74, 6) is 1.14. The molecule has 2 saturated heterocycles. The number of halogens is 1. The summed E-state index contributed by atoms with van der Waals surface area (Å²) in [6.45, 7) is 3.94. The molecule has 2 fully saturated rings. The lowest BCUT2D eigenvalue weighted by Crippen LogP contribution is -2.32. The summed E-state index contributed by atoms with van der Waals surface area (Å²) in [7, 11) is 0. The Morgan fingerprint density at radius 3 is 2.70 bits per heavy atom. The predicted molar refractivity (Wildman–Crippen MR) is 72.9 cm³/mol. The van der Waals surface area contributed by atoms with Gasteiger partial charge in [-0.05, 0) is 24.0 Å². The number of ether oxygens (including phenoxy) is 1. The highest BCUT2D eigenvalue weighted by molar-refractivity contribution is 5.76. The van der Waals surface area contributed by atoms with E-state index in [1.165, 1.54) is 6.07 Å². The number of amides is 1. The van der Waals surface area contributed by atoms with Crippen LogP contribution in [0.4, 0.5) is 4.39 Å². The molecule has 0 unspecified atom stereocenters. The van der Waals surface area contributed by atoms with Gasteiger partial charge in [0.05, 0.1) is 13.0 Å². The molecule has 108 valence electrons. The van der Waals surface area contributed by atoms with E-state index in [9.17, 15) is 9.18 Å². The van der Waals surface area contributed by atoms with E-state index in [1.807, 2.05) is 4.90 Å². The second-order valence-corrected chi connectivity index (χ2v) is 5.51. The van der Waals surface area contributed by atoms with Crippen molar-refractivity contribution in [1.29, 1.82) is 0 Å². The maximum Gasteiger partial charge on any atom is 0.226 e. The molecule has 1 amide bonds. The van der Waals surface area contributed by atoms with E-state index < -0.39 is 0 Å². The van der Waals surface area contributed by atoms with Gasteiger partial charge in [0.25, 0.3) is 0 Å². The van der Waals surface area contributed by atoms with Crippen LogP contribution in [0, 0.1) is 17.7 Å². The molecule has 0 aromatic heterocycles. The highest BCUT2D eigenvalue weighted by Crippen LogP contribution is 2.26. The van der Waals surface area contributed by atoms with E-state index >= 15 is 0 Å². The van der Waals surface area contributed by atoms with Crippen molar-refractivity contribution in [2.24, 2.45) is 11.8 Å². The van der Waals surface area contributed by atoms with Gasteiger partial charge in [0, 0.05) is 26.2 Å². The van der Waals surface area contributed by atoms with Gasteiger partial charge in [0.2, 0.25) is 5.91 Å². The minimum atomic E-state index is -0.387. The molecule has 1 aromatic rings. The Morgan fingerprint density at radius 2 is 2.00 bits per heavy atom. The monoisotopic (exact) mass is 278 g/mol. The van der Waals surface area contributed by atoms with Crippen molar-refractivity contribution < 1.29 is 13.9 Å². The number of hydrogen-bond acceptors (Lipinski definition) is 3. The maximum absolute atomic E-state index is 13.3. The summed E-state index contributed by atoms with van der Waals surface area (Å²) in [6.07, 6.45) is 0.307. The number of carbonyl (C=O) groups is 1. The quantitative estimate of drug-likeness (QED) is 0.902. The van der Waals surface area contributed by atoms with Crippen molar-refractivity contribution in [3.8, 4) is 5.75 Å². The third-order valence-corrected chi connectivity index (χ3v) is 4.15. The van der Waals surface area contributed by atoms with Crippen LogP contribution in [-0.4, -0.2) is 43.6 Å². The van der Waals surface area contributed by atoms with Crippen molar-refractivity contribution in [1.82, 2.24) is 10.2 Å². The van der Waals surface area contributed by atoms with E-state index in [-0.39, 0.29) is 24.1 Å². The van der Waals surface area contributed by atoms with Gasteiger partial charge in [0.1, 0.15) is 0 Å². The fraction of sp³-hybridized carbons (Fsp3) is 0.533. The fourth-order valence-corrected chi connectivity index (χ4v) is 3.03.